The summed E-state index contributed by atoms with van der Waals surface area (Å²) in [5, 5.41) is 1.49. The fourth-order valence-corrected chi connectivity index (χ4v) is 2.68. The van der Waals surface area contributed by atoms with Crippen molar-refractivity contribution >= 4 is 34.1 Å². The maximum atomic E-state index is 12.3. The number of hydrogen-bond donors (Lipinski definition) is 1. The van der Waals surface area contributed by atoms with E-state index in [2.05, 4.69) is 13.8 Å². The molecule has 2 rings (SSSR count). The molecule has 5 heteroatoms. The molecule has 1 amide bonds. The van der Waals surface area contributed by atoms with Gasteiger partial charge >= 0.3 is 0 Å². The van der Waals surface area contributed by atoms with E-state index < -0.39 is 0 Å². The minimum Gasteiger partial charge on any atom is -0.399 e. The Bertz CT molecular complexity index is 659. The fourth-order valence-electron chi connectivity index (χ4n) is 2.34. The zero-order chi connectivity index (χ0) is 15.0. The van der Waals surface area contributed by atoms with Crippen LogP contribution in [-0.4, -0.2) is 29.5 Å². The molecule has 2 N–H and O–H groups in total. The maximum absolute atomic E-state index is 12.3. The number of hydrogen-bond acceptors (Lipinski definition) is 2. The summed E-state index contributed by atoms with van der Waals surface area (Å²) >= 11 is 6.32. The topological polar surface area (TPSA) is 51.3 Å². The number of fused-ring (bicyclic) bond motifs is 1. The van der Waals surface area contributed by atoms with Crippen molar-refractivity contribution in [3.63, 3.8) is 0 Å². The Morgan fingerprint density at radius 1 is 1.35 bits per heavy atom. The van der Waals surface area contributed by atoms with Gasteiger partial charge in [-0.2, -0.15) is 0 Å². The fraction of sp³-hybridized carbons (Fsp3) is 0.400. The third kappa shape index (κ3) is 2.61. The molecule has 1 aromatic carbocycles. The number of amides is 1. The smallest absolute Gasteiger partial charge is 0.269 e. The Morgan fingerprint density at radius 2 is 2.00 bits per heavy atom. The van der Waals surface area contributed by atoms with Crippen LogP contribution in [0, 0.1) is 5.92 Å². The lowest BCUT2D eigenvalue weighted by Gasteiger charge is -2.16. The highest BCUT2D eigenvalue weighted by Gasteiger charge is 2.19. The first-order valence-electron chi connectivity index (χ1n) is 6.61. The van der Waals surface area contributed by atoms with Gasteiger partial charge in [-0.15, -0.1) is 0 Å². The SMILES string of the molecule is CC(C)Cn1c(C(=O)N(C)C)cc2cc(N)cc(Cl)c21. The van der Waals surface area contributed by atoms with Crippen LogP contribution in [0.4, 0.5) is 5.69 Å². The van der Waals surface area contributed by atoms with Crippen LogP contribution in [0.25, 0.3) is 10.9 Å². The molecule has 0 saturated carbocycles. The van der Waals surface area contributed by atoms with E-state index in [0.717, 1.165) is 17.4 Å². The van der Waals surface area contributed by atoms with Gasteiger partial charge in [0.25, 0.3) is 5.91 Å². The predicted octanol–water partition coefficient (Wildman–Crippen LogP) is 3.23. The van der Waals surface area contributed by atoms with Crippen molar-refractivity contribution in [2.75, 3.05) is 19.8 Å². The first kappa shape index (κ1) is 14.7. The molecule has 0 atom stereocenters. The van der Waals surface area contributed by atoms with Crippen molar-refractivity contribution in [3.8, 4) is 0 Å². The van der Waals surface area contributed by atoms with Gasteiger partial charge in [-0.1, -0.05) is 25.4 Å². The van der Waals surface area contributed by atoms with Crippen LogP contribution in [-0.2, 0) is 6.54 Å². The molecule has 1 aromatic heterocycles. The third-order valence-electron chi connectivity index (χ3n) is 3.14. The highest BCUT2D eigenvalue weighted by Crippen LogP contribution is 2.31. The van der Waals surface area contributed by atoms with Gasteiger partial charge in [0.15, 0.2) is 0 Å². The Kier molecular flexibility index (Phi) is 3.95. The average molecular weight is 294 g/mol. The molecule has 0 aliphatic carbocycles. The number of halogens is 1. The second-order valence-corrected chi connectivity index (χ2v) is 6.08. The van der Waals surface area contributed by atoms with Gasteiger partial charge in [-0.05, 0) is 24.1 Å². The van der Waals surface area contributed by atoms with E-state index >= 15 is 0 Å². The minimum absolute atomic E-state index is 0.0310. The Hall–Kier alpha value is -1.68. The molecule has 0 unspecified atom stereocenters. The Balaban J connectivity index is 2.73. The molecule has 1 heterocycles. The van der Waals surface area contributed by atoms with E-state index in [0.29, 0.717) is 22.3 Å². The van der Waals surface area contributed by atoms with E-state index in [1.54, 1.807) is 25.1 Å². The molecule has 0 saturated heterocycles. The zero-order valence-electron chi connectivity index (χ0n) is 12.3. The standard InChI is InChI=1S/C15H20ClN3O/c1-9(2)8-19-13(15(20)18(3)4)6-10-5-11(17)7-12(16)14(10)19/h5-7,9H,8,17H2,1-4H3. The second-order valence-electron chi connectivity index (χ2n) is 5.67. The van der Waals surface area contributed by atoms with Crippen molar-refractivity contribution in [3.05, 3.63) is 28.9 Å². The minimum atomic E-state index is -0.0310. The van der Waals surface area contributed by atoms with Gasteiger partial charge in [-0.25, -0.2) is 0 Å². The van der Waals surface area contributed by atoms with Crippen LogP contribution in [0.5, 0.6) is 0 Å². The van der Waals surface area contributed by atoms with Gasteiger partial charge in [0, 0.05) is 31.7 Å². The van der Waals surface area contributed by atoms with Crippen molar-refractivity contribution in [2.45, 2.75) is 20.4 Å². The molecule has 0 aliphatic rings. The lowest BCUT2D eigenvalue weighted by Crippen LogP contribution is -2.25. The average Bonchev–Trinajstić information content (AvgIpc) is 2.65. The van der Waals surface area contributed by atoms with Crippen LogP contribution in [0.2, 0.25) is 5.02 Å². The van der Waals surface area contributed by atoms with E-state index in [1.807, 2.05) is 16.7 Å². The summed E-state index contributed by atoms with van der Waals surface area (Å²) in [5.74, 6) is 0.379. The summed E-state index contributed by atoms with van der Waals surface area (Å²) < 4.78 is 1.99. The molecular formula is C15H20ClN3O. The zero-order valence-corrected chi connectivity index (χ0v) is 13.0. The normalized spacial score (nSPS) is 11.3. The number of benzene rings is 1. The number of rotatable bonds is 3. The first-order valence-corrected chi connectivity index (χ1v) is 6.99. The summed E-state index contributed by atoms with van der Waals surface area (Å²) in [5.41, 5.74) is 7.96. The largest absolute Gasteiger partial charge is 0.399 e. The second kappa shape index (κ2) is 5.37. The van der Waals surface area contributed by atoms with Crippen molar-refractivity contribution in [1.29, 1.82) is 0 Å². The lowest BCUT2D eigenvalue weighted by molar-refractivity contribution is 0.0817. The monoisotopic (exact) mass is 293 g/mol. The molecule has 0 spiro atoms. The van der Waals surface area contributed by atoms with E-state index in [9.17, 15) is 4.79 Å². The number of nitrogens with zero attached hydrogens (tertiary/aromatic N) is 2. The third-order valence-corrected chi connectivity index (χ3v) is 3.43. The summed E-state index contributed by atoms with van der Waals surface area (Å²) in [6.45, 7) is 4.96. The highest BCUT2D eigenvalue weighted by atomic mass is 35.5. The van der Waals surface area contributed by atoms with E-state index in [1.165, 1.54) is 0 Å². The summed E-state index contributed by atoms with van der Waals surface area (Å²) in [4.78, 5) is 13.9. The molecule has 2 aromatic rings. The number of carbonyl (C=O) groups excluding carboxylic acids is 1. The van der Waals surface area contributed by atoms with E-state index in [4.69, 9.17) is 17.3 Å². The van der Waals surface area contributed by atoms with Gasteiger partial charge < -0.3 is 15.2 Å². The lowest BCUT2D eigenvalue weighted by atomic mass is 10.2. The predicted molar refractivity (Wildman–Crippen MR) is 84.2 cm³/mol. The molecule has 108 valence electrons. The quantitative estimate of drug-likeness (QED) is 0.883. The van der Waals surface area contributed by atoms with Gasteiger partial charge in [0.05, 0.1) is 10.5 Å². The number of anilines is 1. The molecule has 0 fully saturated rings. The number of nitrogen functional groups attached to an aromatic ring is 1. The number of nitrogens with two attached hydrogens (primary N) is 1. The Labute approximate surface area is 124 Å². The molecule has 0 radical (unpaired) electrons. The van der Waals surface area contributed by atoms with Crippen LogP contribution in [0.15, 0.2) is 18.2 Å². The van der Waals surface area contributed by atoms with Gasteiger partial charge in [0.2, 0.25) is 0 Å². The molecule has 0 aliphatic heterocycles. The highest BCUT2D eigenvalue weighted by molar-refractivity contribution is 6.35. The van der Waals surface area contributed by atoms with Gasteiger partial charge in [-0.3, -0.25) is 4.79 Å². The van der Waals surface area contributed by atoms with Crippen molar-refractivity contribution in [1.82, 2.24) is 9.47 Å². The van der Waals surface area contributed by atoms with Crippen molar-refractivity contribution in [2.24, 2.45) is 5.92 Å². The molecule has 20 heavy (non-hydrogen) atoms. The molecule has 0 bridgehead atoms. The molecule has 4 nitrogen and oxygen atoms in total. The summed E-state index contributed by atoms with van der Waals surface area (Å²) in [6.07, 6.45) is 0. The van der Waals surface area contributed by atoms with E-state index in [-0.39, 0.29) is 5.91 Å². The van der Waals surface area contributed by atoms with Crippen LogP contribution < -0.4 is 5.73 Å². The van der Waals surface area contributed by atoms with Crippen LogP contribution >= 0.6 is 11.6 Å². The first-order chi connectivity index (χ1) is 9.31. The summed E-state index contributed by atoms with van der Waals surface area (Å²) in [7, 11) is 3.49. The maximum Gasteiger partial charge on any atom is 0.269 e. The van der Waals surface area contributed by atoms with Crippen LogP contribution in [0.1, 0.15) is 24.3 Å². The molecular weight excluding hydrogens is 274 g/mol. The van der Waals surface area contributed by atoms with Gasteiger partial charge in [0.1, 0.15) is 5.69 Å². The Morgan fingerprint density at radius 3 is 2.55 bits per heavy atom. The number of aromatic nitrogens is 1. The number of carbonyl (C=O) groups is 1. The van der Waals surface area contributed by atoms with Crippen molar-refractivity contribution < 1.29 is 4.79 Å². The summed E-state index contributed by atoms with van der Waals surface area (Å²) in [6, 6.07) is 5.44. The van der Waals surface area contributed by atoms with Crippen LogP contribution in [0.3, 0.4) is 0 Å².